The molecule has 0 aromatic heterocycles. The molecule has 0 unspecified atom stereocenters. The number of hydrogen-bond acceptors (Lipinski definition) is 3. The lowest BCUT2D eigenvalue weighted by molar-refractivity contribution is -0.118. The van der Waals surface area contributed by atoms with Crippen molar-refractivity contribution in [2.24, 2.45) is 0 Å². The topological polar surface area (TPSA) is 35.5 Å². The van der Waals surface area contributed by atoms with Crippen molar-refractivity contribution in [3.05, 3.63) is 46.5 Å². The van der Waals surface area contributed by atoms with Crippen molar-refractivity contribution < 1.29 is 14.3 Å². The van der Waals surface area contributed by atoms with E-state index in [9.17, 15) is 4.79 Å². The number of carbonyl (C=O) groups excluding carboxylic acids is 1. The molecule has 0 radical (unpaired) electrons. The highest BCUT2D eigenvalue weighted by atomic mass is 79.9. The maximum Gasteiger partial charge on any atom is 0.185 e. The molecule has 1 aliphatic heterocycles. The van der Waals surface area contributed by atoms with Crippen LogP contribution in [-0.2, 0) is 14.3 Å². The van der Waals surface area contributed by atoms with Gasteiger partial charge in [0.2, 0.25) is 0 Å². The predicted octanol–water partition coefficient (Wildman–Crippen LogP) is 3.15. The number of fused-ring (bicyclic) bond motifs is 1. The van der Waals surface area contributed by atoms with Gasteiger partial charge in [0.25, 0.3) is 0 Å². The van der Waals surface area contributed by atoms with Crippen LogP contribution in [0.4, 0.5) is 0 Å². The SMILES string of the molecule is C[C@@]12C=CC(=O)C[C@@H]1O[C@@H](c1ccc(Br)cc1)O2. The van der Waals surface area contributed by atoms with Crippen LogP contribution in [0.25, 0.3) is 0 Å². The van der Waals surface area contributed by atoms with Gasteiger partial charge >= 0.3 is 0 Å². The van der Waals surface area contributed by atoms with Crippen LogP contribution < -0.4 is 0 Å². The molecule has 2 aliphatic rings. The summed E-state index contributed by atoms with van der Waals surface area (Å²) in [5.74, 6) is 0.0949. The molecule has 0 N–H and O–H groups in total. The van der Waals surface area contributed by atoms with E-state index in [1.165, 1.54) is 0 Å². The first-order valence-corrected chi connectivity index (χ1v) is 6.67. The largest absolute Gasteiger partial charge is 0.341 e. The van der Waals surface area contributed by atoms with Crippen molar-refractivity contribution in [2.45, 2.75) is 31.3 Å². The van der Waals surface area contributed by atoms with E-state index < -0.39 is 11.9 Å². The minimum Gasteiger partial charge on any atom is -0.341 e. The Morgan fingerprint density at radius 3 is 2.78 bits per heavy atom. The number of ether oxygens (including phenoxy) is 2. The van der Waals surface area contributed by atoms with Gasteiger partial charge in [-0.15, -0.1) is 0 Å². The third kappa shape index (κ3) is 2.05. The Morgan fingerprint density at radius 2 is 2.06 bits per heavy atom. The van der Waals surface area contributed by atoms with Crippen molar-refractivity contribution in [2.75, 3.05) is 0 Å². The van der Waals surface area contributed by atoms with Gasteiger partial charge in [-0.05, 0) is 31.2 Å². The molecule has 3 rings (SSSR count). The van der Waals surface area contributed by atoms with E-state index in [0.29, 0.717) is 6.42 Å². The summed E-state index contributed by atoms with van der Waals surface area (Å²) < 4.78 is 12.8. The first-order valence-electron chi connectivity index (χ1n) is 5.88. The molecule has 0 amide bonds. The van der Waals surface area contributed by atoms with Crippen LogP contribution in [-0.4, -0.2) is 17.5 Å². The Balaban J connectivity index is 1.85. The molecule has 0 saturated carbocycles. The predicted molar refractivity (Wildman–Crippen MR) is 70.0 cm³/mol. The van der Waals surface area contributed by atoms with Crippen LogP contribution in [0, 0.1) is 0 Å². The summed E-state index contributed by atoms with van der Waals surface area (Å²) in [5.41, 5.74) is 0.473. The molecular weight excluding hydrogens is 296 g/mol. The highest BCUT2D eigenvalue weighted by Crippen LogP contribution is 2.42. The van der Waals surface area contributed by atoms with E-state index in [1.807, 2.05) is 37.3 Å². The van der Waals surface area contributed by atoms with Crippen LogP contribution in [0.15, 0.2) is 40.9 Å². The maximum atomic E-state index is 11.4. The minimum atomic E-state index is -0.494. The smallest absolute Gasteiger partial charge is 0.185 e. The summed E-state index contributed by atoms with van der Waals surface area (Å²) >= 11 is 3.40. The van der Waals surface area contributed by atoms with Gasteiger partial charge in [0, 0.05) is 16.5 Å². The summed E-state index contributed by atoms with van der Waals surface area (Å²) in [5, 5.41) is 0. The normalized spacial score (nSPS) is 34.7. The lowest BCUT2D eigenvalue weighted by Crippen LogP contribution is -2.38. The van der Waals surface area contributed by atoms with Gasteiger partial charge in [0.1, 0.15) is 11.7 Å². The van der Waals surface area contributed by atoms with Crippen molar-refractivity contribution >= 4 is 21.7 Å². The number of rotatable bonds is 1. The Bertz CT molecular complexity index is 508. The first-order chi connectivity index (χ1) is 8.57. The molecule has 1 heterocycles. The third-order valence-electron chi connectivity index (χ3n) is 3.42. The summed E-state index contributed by atoms with van der Waals surface area (Å²) in [7, 11) is 0. The maximum absolute atomic E-state index is 11.4. The van der Waals surface area contributed by atoms with Gasteiger partial charge in [0.05, 0.1) is 0 Å². The van der Waals surface area contributed by atoms with Crippen LogP contribution >= 0.6 is 15.9 Å². The van der Waals surface area contributed by atoms with Crippen LogP contribution in [0.5, 0.6) is 0 Å². The van der Waals surface area contributed by atoms with E-state index in [2.05, 4.69) is 15.9 Å². The van der Waals surface area contributed by atoms with Crippen molar-refractivity contribution in [1.82, 2.24) is 0 Å². The van der Waals surface area contributed by atoms with Crippen LogP contribution in [0.1, 0.15) is 25.2 Å². The molecule has 1 aromatic rings. The third-order valence-corrected chi connectivity index (χ3v) is 3.95. The van der Waals surface area contributed by atoms with Crippen molar-refractivity contribution in [3.8, 4) is 0 Å². The zero-order valence-corrected chi connectivity index (χ0v) is 11.5. The summed E-state index contributed by atoms with van der Waals surface area (Å²) in [6.07, 6.45) is 3.19. The summed E-state index contributed by atoms with van der Waals surface area (Å²) in [4.78, 5) is 11.4. The summed E-state index contributed by atoms with van der Waals surface area (Å²) in [6, 6.07) is 7.82. The Hall–Kier alpha value is -0.970. The average Bonchev–Trinajstić information content (AvgIpc) is 2.67. The van der Waals surface area contributed by atoms with E-state index in [4.69, 9.17) is 9.47 Å². The monoisotopic (exact) mass is 308 g/mol. The molecule has 1 fully saturated rings. The Labute approximate surface area is 114 Å². The van der Waals surface area contributed by atoms with Crippen molar-refractivity contribution in [3.63, 3.8) is 0 Å². The number of ketones is 1. The molecule has 1 aromatic carbocycles. The average molecular weight is 309 g/mol. The second kappa shape index (κ2) is 4.30. The molecule has 3 atom stereocenters. The van der Waals surface area contributed by atoms with Gasteiger partial charge in [-0.25, -0.2) is 0 Å². The zero-order chi connectivity index (χ0) is 12.8. The summed E-state index contributed by atoms with van der Waals surface area (Å²) in [6.45, 7) is 1.96. The quantitative estimate of drug-likeness (QED) is 0.799. The molecular formula is C14H13BrO3. The fourth-order valence-corrected chi connectivity index (χ4v) is 2.56. The highest BCUT2D eigenvalue weighted by molar-refractivity contribution is 9.10. The van der Waals surface area contributed by atoms with E-state index in [0.717, 1.165) is 10.0 Å². The lowest BCUT2D eigenvalue weighted by Gasteiger charge is -2.26. The van der Waals surface area contributed by atoms with Gasteiger partial charge in [-0.2, -0.15) is 0 Å². The van der Waals surface area contributed by atoms with Gasteiger partial charge in [-0.1, -0.05) is 28.1 Å². The number of benzene rings is 1. The van der Waals surface area contributed by atoms with E-state index in [-0.39, 0.29) is 11.9 Å². The molecule has 1 aliphatic carbocycles. The molecule has 0 bridgehead atoms. The van der Waals surface area contributed by atoms with Gasteiger partial charge in [-0.3, -0.25) is 4.79 Å². The van der Waals surface area contributed by atoms with Crippen LogP contribution in [0.2, 0.25) is 0 Å². The number of hydrogen-bond donors (Lipinski definition) is 0. The fourth-order valence-electron chi connectivity index (χ4n) is 2.29. The molecule has 0 spiro atoms. The zero-order valence-electron chi connectivity index (χ0n) is 9.93. The second-order valence-electron chi connectivity index (χ2n) is 4.81. The molecule has 94 valence electrons. The van der Waals surface area contributed by atoms with Gasteiger partial charge < -0.3 is 9.47 Å². The number of allylic oxidation sites excluding steroid dienone is 1. The number of halogens is 1. The van der Waals surface area contributed by atoms with E-state index in [1.54, 1.807) is 6.08 Å². The molecule has 4 heteroatoms. The Kier molecular flexibility index (Phi) is 2.88. The van der Waals surface area contributed by atoms with Crippen molar-refractivity contribution in [1.29, 1.82) is 0 Å². The molecule has 18 heavy (non-hydrogen) atoms. The Morgan fingerprint density at radius 1 is 1.33 bits per heavy atom. The van der Waals surface area contributed by atoms with Gasteiger partial charge in [0.15, 0.2) is 12.1 Å². The minimum absolute atomic E-state index is 0.0949. The molecule has 1 saturated heterocycles. The lowest BCUT2D eigenvalue weighted by atomic mass is 9.89. The molecule has 3 nitrogen and oxygen atoms in total. The number of carbonyl (C=O) groups is 1. The second-order valence-corrected chi connectivity index (χ2v) is 5.73. The van der Waals surface area contributed by atoms with E-state index >= 15 is 0 Å². The first kappa shape index (κ1) is 12.1. The fraction of sp³-hybridized carbons (Fsp3) is 0.357. The van der Waals surface area contributed by atoms with Crippen LogP contribution in [0.3, 0.4) is 0 Å². The highest BCUT2D eigenvalue weighted by Gasteiger charge is 2.47. The standard InChI is InChI=1S/C14H13BrO3/c1-14-7-6-11(16)8-12(14)17-13(18-14)9-2-4-10(15)5-3-9/h2-7,12-13H,8H2,1H3/t12-,13+,14+/m0/s1.